The van der Waals surface area contributed by atoms with Gasteiger partial charge in [0.2, 0.25) is 5.88 Å². The van der Waals surface area contributed by atoms with E-state index in [-0.39, 0.29) is 5.91 Å². The summed E-state index contributed by atoms with van der Waals surface area (Å²) in [7, 11) is 0. The summed E-state index contributed by atoms with van der Waals surface area (Å²) in [5.41, 5.74) is 1.33. The number of hydrogen-bond acceptors (Lipinski definition) is 5. The van der Waals surface area contributed by atoms with Crippen molar-refractivity contribution in [2.24, 2.45) is 0 Å². The largest absolute Gasteiger partial charge is 0.475 e. The predicted octanol–water partition coefficient (Wildman–Crippen LogP) is 2.72. The van der Waals surface area contributed by atoms with Gasteiger partial charge in [0.1, 0.15) is 6.61 Å². The molecule has 0 aliphatic heterocycles. The number of carbonyl (C=O) groups excluding carboxylic acids is 1. The first-order chi connectivity index (χ1) is 12.7. The number of benzene rings is 1. The Morgan fingerprint density at radius 2 is 1.92 bits per heavy atom. The molecule has 0 aliphatic rings. The van der Waals surface area contributed by atoms with E-state index in [0.717, 1.165) is 30.5 Å². The highest BCUT2D eigenvalue weighted by Crippen LogP contribution is 2.22. The lowest BCUT2D eigenvalue weighted by atomic mass is 10.1. The molecule has 0 bridgehead atoms. The third-order valence-electron chi connectivity index (χ3n) is 4.23. The lowest BCUT2D eigenvalue weighted by Crippen LogP contribution is -2.34. The number of para-hydroxylation sites is 1. The monoisotopic (exact) mass is 359 g/mol. The van der Waals surface area contributed by atoms with E-state index in [1.165, 1.54) is 0 Å². The Morgan fingerprint density at radius 1 is 1.15 bits per heavy atom. The highest BCUT2D eigenvalue weighted by molar-refractivity contribution is 6.06. The number of amides is 1. The molecule has 1 aromatic heterocycles. The molecule has 26 heavy (non-hydrogen) atoms. The van der Waals surface area contributed by atoms with Crippen molar-refractivity contribution in [3.8, 4) is 5.88 Å². The van der Waals surface area contributed by atoms with Gasteiger partial charge >= 0.3 is 0 Å². The standard InChI is InChI=1S/C20H29N3O3/c1-4-23(5-2)12-11-21-20(24)17-15-19(26-14-13-25-6-3)22-18-10-8-7-9-16(17)18/h7-10,15H,4-6,11-14H2,1-3H3,(H,21,24). The van der Waals surface area contributed by atoms with Crippen LogP contribution in [0.1, 0.15) is 31.1 Å². The predicted molar refractivity (Wildman–Crippen MR) is 104 cm³/mol. The van der Waals surface area contributed by atoms with E-state index >= 15 is 0 Å². The molecule has 1 N–H and O–H groups in total. The van der Waals surface area contributed by atoms with Gasteiger partial charge in [-0.3, -0.25) is 4.79 Å². The van der Waals surface area contributed by atoms with Crippen molar-refractivity contribution in [2.75, 3.05) is 46.0 Å². The Morgan fingerprint density at radius 3 is 2.65 bits per heavy atom. The van der Waals surface area contributed by atoms with Crippen LogP contribution in [0.5, 0.6) is 5.88 Å². The van der Waals surface area contributed by atoms with E-state index in [4.69, 9.17) is 9.47 Å². The molecule has 0 radical (unpaired) electrons. The van der Waals surface area contributed by atoms with Crippen LogP contribution in [0.15, 0.2) is 30.3 Å². The molecule has 1 aromatic carbocycles. The molecule has 2 rings (SSSR count). The van der Waals surface area contributed by atoms with Gasteiger partial charge in [0.25, 0.3) is 5.91 Å². The number of pyridine rings is 1. The van der Waals surface area contributed by atoms with E-state index in [0.29, 0.717) is 37.8 Å². The van der Waals surface area contributed by atoms with E-state index in [2.05, 4.69) is 29.0 Å². The summed E-state index contributed by atoms with van der Waals surface area (Å²) in [6.45, 7) is 11.1. The van der Waals surface area contributed by atoms with Crippen molar-refractivity contribution >= 4 is 16.8 Å². The second kappa shape index (κ2) is 10.7. The topological polar surface area (TPSA) is 63.7 Å². The molecule has 0 fully saturated rings. The van der Waals surface area contributed by atoms with E-state index in [1.807, 2.05) is 31.2 Å². The number of nitrogens with one attached hydrogen (secondary N) is 1. The molecule has 0 atom stereocenters. The summed E-state index contributed by atoms with van der Waals surface area (Å²) < 4.78 is 10.9. The fourth-order valence-electron chi connectivity index (χ4n) is 2.73. The molecule has 0 spiro atoms. The van der Waals surface area contributed by atoms with E-state index in [9.17, 15) is 4.79 Å². The Labute approximate surface area is 155 Å². The van der Waals surface area contributed by atoms with Crippen molar-refractivity contribution in [1.29, 1.82) is 0 Å². The summed E-state index contributed by atoms with van der Waals surface area (Å²) in [5.74, 6) is 0.336. The van der Waals surface area contributed by atoms with Crippen LogP contribution >= 0.6 is 0 Å². The third kappa shape index (κ3) is 5.68. The van der Waals surface area contributed by atoms with Crippen molar-refractivity contribution in [3.63, 3.8) is 0 Å². The SMILES string of the molecule is CCOCCOc1cc(C(=O)NCCN(CC)CC)c2ccccc2n1. The maximum Gasteiger partial charge on any atom is 0.252 e. The zero-order chi connectivity index (χ0) is 18.8. The Kier molecular flexibility index (Phi) is 8.31. The summed E-state index contributed by atoms with van der Waals surface area (Å²) in [4.78, 5) is 19.5. The van der Waals surface area contributed by atoms with Gasteiger partial charge in [-0.25, -0.2) is 4.98 Å². The molecule has 6 heteroatoms. The van der Waals surface area contributed by atoms with Crippen molar-refractivity contribution in [2.45, 2.75) is 20.8 Å². The highest BCUT2D eigenvalue weighted by atomic mass is 16.5. The Balaban J connectivity index is 2.11. The number of aromatic nitrogens is 1. The number of likely N-dealkylation sites (N-methyl/N-ethyl adjacent to an activating group) is 1. The van der Waals surface area contributed by atoms with Crippen LogP contribution in [0.25, 0.3) is 10.9 Å². The fraction of sp³-hybridized carbons (Fsp3) is 0.500. The number of fused-ring (bicyclic) bond motifs is 1. The average molecular weight is 359 g/mol. The van der Waals surface area contributed by atoms with Crippen molar-refractivity contribution in [1.82, 2.24) is 15.2 Å². The quantitative estimate of drug-likeness (QED) is 0.625. The fourth-order valence-corrected chi connectivity index (χ4v) is 2.73. The summed E-state index contributed by atoms with van der Waals surface area (Å²) in [6, 6.07) is 9.32. The number of carbonyl (C=O) groups is 1. The van der Waals surface area contributed by atoms with Gasteiger partial charge in [0, 0.05) is 31.1 Å². The van der Waals surface area contributed by atoms with Crippen molar-refractivity contribution < 1.29 is 14.3 Å². The van der Waals surface area contributed by atoms with Crippen LogP contribution in [0, 0.1) is 0 Å². The van der Waals surface area contributed by atoms with Crippen LogP contribution in [-0.2, 0) is 4.74 Å². The Hall–Kier alpha value is -2.18. The number of hydrogen-bond donors (Lipinski definition) is 1. The minimum Gasteiger partial charge on any atom is -0.475 e. The van der Waals surface area contributed by atoms with Gasteiger partial charge in [0.05, 0.1) is 17.7 Å². The zero-order valence-corrected chi connectivity index (χ0v) is 16.0. The van der Waals surface area contributed by atoms with Gasteiger partial charge in [0.15, 0.2) is 0 Å². The van der Waals surface area contributed by atoms with Gasteiger partial charge < -0.3 is 19.7 Å². The second-order valence-electron chi connectivity index (χ2n) is 5.85. The first-order valence-corrected chi connectivity index (χ1v) is 9.30. The van der Waals surface area contributed by atoms with Gasteiger partial charge in [-0.15, -0.1) is 0 Å². The average Bonchev–Trinajstić information content (AvgIpc) is 2.68. The zero-order valence-electron chi connectivity index (χ0n) is 16.0. The highest BCUT2D eigenvalue weighted by Gasteiger charge is 2.13. The molecule has 0 saturated heterocycles. The maximum atomic E-state index is 12.7. The summed E-state index contributed by atoms with van der Waals surface area (Å²) >= 11 is 0. The third-order valence-corrected chi connectivity index (χ3v) is 4.23. The maximum absolute atomic E-state index is 12.7. The van der Waals surface area contributed by atoms with Gasteiger partial charge in [-0.2, -0.15) is 0 Å². The normalized spacial score (nSPS) is 11.1. The number of ether oxygens (including phenoxy) is 2. The van der Waals surface area contributed by atoms with E-state index in [1.54, 1.807) is 6.07 Å². The molecule has 0 saturated carbocycles. The summed E-state index contributed by atoms with van der Waals surface area (Å²) in [6.07, 6.45) is 0. The van der Waals surface area contributed by atoms with Gasteiger partial charge in [-0.1, -0.05) is 32.0 Å². The number of rotatable bonds is 11. The van der Waals surface area contributed by atoms with Crippen molar-refractivity contribution in [3.05, 3.63) is 35.9 Å². The Bertz CT molecular complexity index is 702. The minimum atomic E-state index is -0.106. The van der Waals surface area contributed by atoms with Crippen LogP contribution < -0.4 is 10.1 Å². The molecular weight excluding hydrogens is 330 g/mol. The molecule has 6 nitrogen and oxygen atoms in total. The molecule has 0 unspecified atom stereocenters. The first kappa shape index (κ1) is 20.1. The molecule has 1 amide bonds. The van der Waals surface area contributed by atoms with Gasteiger partial charge in [-0.05, 0) is 26.1 Å². The van der Waals surface area contributed by atoms with Crippen LogP contribution in [0.3, 0.4) is 0 Å². The minimum absolute atomic E-state index is 0.106. The molecular formula is C20H29N3O3. The van der Waals surface area contributed by atoms with Crippen LogP contribution in [0.2, 0.25) is 0 Å². The molecule has 142 valence electrons. The smallest absolute Gasteiger partial charge is 0.252 e. The first-order valence-electron chi connectivity index (χ1n) is 9.30. The van der Waals surface area contributed by atoms with E-state index < -0.39 is 0 Å². The van der Waals surface area contributed by atoms with Crippen LogP contribution in [0.4, 0.5) is 0 Å². The second-order valence-corrected chi connectivity index (χ2v) is 5.85. The molecule has 0 aliphatic carbocycles. The lowest BCUT2D eigenvalue weighted by molar-refractivity contribution is 0.0949. The molecule has 1 heterocycles. The lowest BCUT2D eigenvalue weighted by Gasteiger charge is -2.18. The molecule has 2 aromatic rings. The van der Waals surface area contributed by atoms with Crippen LogP contribution in [-0.4, -0.2) is 61.8 Å². The number of nitrogens with zero attached hydrogens (tertiary/aromatic N) is 2. The summed E-state index contributed by atoms with van der Waals surface area (Å²) in [5, 5.41) is 3.83.